The highest BCUT2D eigenvalue weighted by atomic mass is 35.5. The van der Waals surface area contributed by atoms with E-state index >= 15 is 0 Å². The van der Waals surface area contributed by atoms with E-state index in [2.05, 4.69) is 5.32 Å². The van der Waals surface area contributed by atoms with Crippen molar-refractivity contribution >= 4 is 44.4 Å². The summed E-state index contributed by atoms with van der Waals surface area (Å²) < 4.78 is 33.3. The second kappa shape index (κ2) is 10.6. The highest BCUT2D eigenvalue weighted by molar-refractivity contribution is 7.89. The maximum Gasteiger partial charge on any atom is 0.407 e. The van der Waals surface area contributed by atoms with Gasteiger partial charge in [0.25, 0.3) is 0 Å². The molecule has 0 spiro atoms. The number of halogens is 1. The summed E-state index contributed by atoms with van der Waals surface area (Å²) in [6.07, 6.45) is 2.40. The molecule has 1 aliphatic heterocycles. The number of ether oxygens (including phenoxy) is 1. The Morgan fingerprint density at radius 2 is 1.56 bits per heavy atom. The number of alkyl carbamates (subject to hydrolysis) is 1. The van der Waals surface area contributed by atoms with Gasteiger partial charge >= 0.3 is 6.09 Å². The molecule has 1 saturated heterocycles. The number of hydrogen-bond acceptors (Lipinski definition) is 5. The Bertz CT molecular complexity index is 1230. The third kappa shape index (κ3) is 6.30. The van der Waals surface area contributed by atoms with E-state index in [4.69, 9.17) is 16.3 Å². The summed E-state index contributed by atoms with van der Waals surface area (Å²) >= 11 is 6.03. The first-order chi connectivity index (χ1) is 16.9. The van der Waals surface area contributed by atoms with E-state index in [0.29, 0.717) is 31.0 Å². The van der Waals surface area contributed by atoms with Gasteiger partial charge in [0.05, 0.1) is 4.90 Å². The number of nitrogens with zero attached hydrogens (tertiary/aromatic N) is 2. The molecule has 36 heavy (non-hydrogen) atoms. The lowest BCUT2D eigenvalue weighted by molar-refractivity contribution is -0.137. The van der Waals surface area contributed by atoms with Crippen LogP contribution in [0.1, 0.15) is 46.5 Å². The lowest BCUT2D eigenvalue weighted by atomic mass is 9.85. The van der Waals surface area contributed by atoms with Crippen molar-refractivity contribution in [1.82, 2.24) is 14.5 Å². The van der Waals surface area contributed by atoms with Crippen molar-refractivity contribution in [3.8, 4) is 0 Å². The van der Waals surface area contributed by atoms with Gasteiger partial charge in [0.1, 0.15) is 5.60 Å². The number of fused-ring (bicyclic) bond motifs is 1. The van der Waals surface area contributed by atoms with Crippen LogP contribution in [0.3, 0.4) is 0 Å². The molecular weight excluding hydrogens is 502 g/mol. The van der Waals surface area contributed by atoms with Gasteiger partial charge in [-0.05, 0) is 81.5 Å². The van der Waals surface area contributed by atoms with E-state index in [-0.39, 0.29) is 35.9 Å². The Labute approximate surface area is 218 Å². The molecule has 2 aromatic rings. The zero-order valence-electron chi connectivity index (χ0n) is 21.0. The summed E-state index contributed by atoms with van der Waals surface area (Å²) in [6.45, 7) is 6.75. The van der Waals surface area contributed by atoms with Crippen LogP contribution in [0.2, 0.25) is 5.02 Å². The van der Waals surface area contributed by atoms with Crippen molar-refractivity contribution in [3.05, 3.63) is 41.4 Å². The predicted molar refractivity (Wildman–Crippen MR) is 139 cm³/mol. The number of rotatable bonds is 4. The smallest absolute Gasteiger partial charge is 0.407 e. The largest absolute Gasteiger partial charge is 0.444 e. The molecule has 1 N–H and O–H groups in total. The minimum atomic E-state index is -3.66. The average molecular weight is 536 g/mol. The van der Waals surface area contributed by atoms with Crippen LogP contribution in [0.5, 0.6) is 0 Å². The summed E-state index contributed by atoms with van der Waals surface area (Å²) in [6, 6.07) is 10.4. The molecule has 0 radical (unpaired) electrons. The molecule has 0 aromatic heterocycles. The lowest BCUT2D eigenvalue weighted by Gasteiger charge is -2.37. The van der Waals surface area contributed by atoms with Gasteiger partial charge in [-0.15, -0.1) is 0 Å². The molecule has 0 bridgehead atoms. The van der Waals surface area contributed by atoms with Crippen LogP contribution in [0, 0.1) is 5.92 Å². The van der Waals surface area contributed by atoms with Crippen LogP contribution in [0.25, 0.3) is 10.8 Å². The van der Waals surface area contributed by atoms with Gasteiger partial charge in [0.2, 0.25) is 15.9 Å². The molecule has 2 amide bonds. The normalized spacial score (nSPS) is 21.8. The number of amides is 2. The number of nitrogens with one attached hydrogen (secondary N) is 1. The zero-order chi connectivity index (χ0) is 26.1. The summed E-state index contributed by atoms with van der Waals surface area (Å²) in [5.74, 6) is -0.0255. The first kappa shape index (κ1) is 26.7. The van der Waals surface area contributed by atoms with Gasteiger partial charge in [-0.25, -0.2) is 13.2 Å². The number of benzene rings is 2. The fourth-order valence-electron chi connectivity index (χ4n) is 4.87. The fraction of sp³-hybridized carbons (Fsp3) is 0.538. The third-order valence-corrected chi connectivity index (χ3v) is 8.89. The van der Waals surface area contributed by atoms with E-state index < -0.39 is 21.7 Å². The molecule has 4 rings (SSSR count). The lowest BCUT2D eigenvalue weighted by Crippen LogP contribution is -2.52. The van der Waals surface area contributed by atoms with Crippen LogP contribution in [-0.4, -0.2) is 67.4 Å². The molecule has 1 aliphatic carbocycles. The van der Waals surface area contributed by atoms with Gasteiger partial charge in [-0.3, -0.25) is 4.79 Å². The minimum Gasteiger partial charge on any atom is -0.444 e. The number of carbonyl (C=O) groups excluding carboxylic acids is 2. The van der Waals surface area contributed by atoms with E-state index in [1.165, 1.54) is 4.31 Å². The zero-order valence-corrected chi connectivity index (χ0v) is 22.6. The first-order valence-electron chi connectivity index (χ1n) is 12.4. The Hall–Kier alpha value is -2.36. The number of hydrogen-bond donors (Lipinski definition) is 1. The van der Waals surface area contributed by atoms with Crippen molar-refractivity contribution in [2.45, 2.75) is 63.0 Å². The summed E-state index contributed by atoms with van der Waals surface area (Å²) in [5.41, 5.74) is -0.546. The molecule has 0 unspecified atom stereocenters. The minimum absolute atomic E-state index is 0.00358. The number of carbonyl (C=O) groups is 2. The Balaban J connectivity index is 1.29. The summed E-state index contributed by atoms with van der Waals surface area (Å²) in [4.78, 5) is 27.1. The van der Waals surface area contributed by atoms with Crippen LogP contribution in [0.4, 0.5) is 4.79 Å². The maximum absolute atomic E-state index is 13.2. The van der Waals surface area contributed by atoms with Crippen molar-refractivity contribution in [2.75, 3.05) is 26.2 Å². The van der Waals surface area contributed by atoms with Gasteiger partial charge < -0.3 is 15.0 Å². The molecule has 10 heteroatoms. The van der Waals surface area contributed by atoms with E-state index in [0.717, 1.165) is 23.6 Å². The second-order valence-corrected chi connectivity index (χ2v) is 13.0. The molecular formula is C26H34ClN3O5S. The quantitative estimate of drug-likeness (QED) is 0.625. The van der Waals surface area contributed by atoms with E-state index in [1.807, 2.05) is 26.8 Å². The third-order valence-electron chi connectivity index (χ3n) is 6.76. The van der Waals surface area contributed by atoms with Crippen molar-refractivity contribution in [3.63, 3.8) is 0 Å². The van der Waals surface area contributed by atoms with Gasteiger partial charge in [-0.2, -0.15) is 4.31 Å². The van der Waals surface area contributed by atoms with Crippen molar-refractivity contribution in [1.29, 1.82) is 0 Å². The predicted octanol–water partition coefficient (Wildman–Crippen LogP) is 4.41. The molecule has 1 heterocycles. The van der Waals surface area contributed by atoms with E-state index in [9.17, 15) is 18.0 Å². The number of sulfonamides is 1. The SMILES string of the molecule is CC(C)(C)OC(=O)N[C@H]1CC[C@@H](C(=O)N2CCN(S(=O)(=O)c3ccc4cc(Cl)ccc4c3)CC2)CC1. The Morgan fingerprint density at radius 3 is 2.19 bits per heavy atom. The second-order valence-electron chi connectivity index (χ2n) is 10.6. The average Bonchev–Trinajstić information content (AvgIpc) is 2.82. The Morgan fingerprint density at radius 1 is 0.944 bits per heavy atom. The van der Waals surface area contributed by atoms with Crippen LogP contribution < -0.4 is 5.32 Å². The fourth-order valence-corrected chi connectivity index (χ4v) is 6.51. The van der Waals surface area contributed by atoms with Crippen LogP contribution in [0.15, 0.2) is 41.3 Å². The summed E-state index contributed by atoms with van der Waals surface area (Å²) in [7, 11) is -3.66. The summed E-state index contributed by atoms with van der Waals surface area (Å²) in [5, 5.41) is 5.20. The Kier molecular flexibility index (Phi) is 7.83. The first-order valence-corrected chi connectivity index (χ1v) is 14.2. The van der Waals surface area contributed by atoms with Crippen molar-refractivity contribution < 1.29 is 22.7 Å². The van der Waals surface area contributed by atoms with Gasteiger partial charge in [0, 0.05) is 43.2 Å². The molecule has 1 saturated carbocycles. The molecule has 8 nitrogen and oxygen atoms in total. The highest BCUT2D eigenvalue weighted by Crippen LogP contribution is 2.28. The molecule has 2 fully saturated rings. The number of piperazine rings is 1. The highest BCUT2D eigenvalue weighted by Gasteiger charge is 2.34. The molecule has 2 aromatic carbocycles. The molecule has 196 valence electrons. The van der Waals surface area contributed by atoms with Crippen LogP contribution in [-0.2, 0) is 19.6 Å². The standard InChI is InChI=1S/C26H34ClN3O5S/c1-26(2,3)35-25(32)28-22-9-5-18(6-10-22)24(31)29-12-14-30(15-13-29)36(33,34)23-11-7-19-16-21(27)8-4-20(19)17-23/h4,7-8,11,16-18,22H,5-6,9-10,12-15H2,1-3H3,(H,28,32)/t18-,22+. The van der Waals surface area contributed by atoms with Crippen molar-refractivity contribution in [2.24, 2.45) is 5.92 Å². The van der Waals surface area contributed by atoms with Crippen LogP contribution >= 0.6 is 11.6 Å². The van der Waals surface area contributed by atoms with Gasteiger partial charge in [0.15, 0.2) is 0 Å². The van der Waals surface area contributed by atoms with E-state index in [1.54, 1.807) is 35.2 Å². The molecule has 2 aliphatic rings. The van der Waals surface area contributed by atoms with Gasteiger partial charge in [-0.1, -0.05) is 23.7 Å². The maximum atomic E-state index is 13.2. The monoisotopic (exact) mass is 535 g/mol. The molecule has 0 atom stereocenters. The topological polar surface area (TPSA) is 96.0 Å².